The average molecular weight is 340 g/mol. The molecule has 1 aliphatic heterocycles. The van der Waals surface area contributed by atoms with Gasteiger partial charge in [0.25, 0.3) is 0 Å². The lowest BCUT2D eigenvalue weighted by Gasteiger charge is -2.32. The van der Waals surface area contributed by atoms with E-state index in [2.05, 4.69) is 52.7 Å². The molecule has 1 aliphatic rings. The summed E-state index contributed by atoms with van der Waals surface area (Å²) in [6.07, 6.45) is 2.39. The summed E-state index contributed by atoms with van der Waals surface area (Å²) in [5, 5.41) is 3.69. The van der Waals surface area contributed by atoms with Crippen molar-refractivity contribution in [3.63, 3.8) is 0 Å². The van der Waals surface area contributed by atoms with Crippen LogP contribution in [0, 0.1) is 0 Å². The van der Waals surface area contributed by atoms with E-state index in [0.717, 1.165) is 37.7 Å². The van der Waals surface area contributed by atoms with Gasteiger partial charge in [0.2, 0.25) is 0 Å². The molecule has 1 fully saturated rings. The normalized spacial score (nSPS) is 15.9. The number of rotatable bonds is 7. The number of nitrogens with zero attached hydrogens (tertiary/aromatic N) is 1. The second-order valence-corrected chi connectivity index (χ2v) is 6.61. The van der Waals surface area contributed by atoms with E-state index < -0.39 is 0 Å². The third kappa shape index (κ3) is 4.97. The standard InChI is InChI=1S/C21H28N2O2/c1-24-20-9-8-18(14-21(20)25-2)15-22-19-10-12-23(13-11-19)16-17-6-4-3-5-7-17/h3-9,14,19,22H,10-13,15-16H2,1-2H3. The number of ether oxygens (including phenoxy) is 2. The van der Waals surface area contributed by atoms with Crippen LogP contribution in [0.1, 0.15) is 24.0 Å². The number of nitrogens with one attached hydrogen (secondary N) is 1. The zero-order chi connectivity index (χ0) is 17.5. The van der Waals surface area contributed by atoms with Crippen LogP contribution in [0.3, 0.4) is 0 Å². The number of benzene rings is 2. The quantitative estimate of drug-likeness (QED) is 0.837. The summed E-state index contributed by atoms with van der Waals surface area (Å²) in [5.74, 6) is 1.57. The zero-order valence-corrected chi connectivity index (χ0v) is 15.2. The third-order valence-corrected chi connectivity index (χ3v) is 4.88. The van der Waals surface area contributed by atoms with E-state index in [1.54, 1.807) is 14.2 Å². The molecule has 0 amide bonds. The maximum absolute atomic E-state index is 5.38. The Morgan fingerprint density at radius 3 is 2.32 bits per heavy atom. The van der Waals surface area contributed by atoms with Gasteiger partial charge < -0.3 is 14.8 Å². The smallest absolute Gasteiger partial charge is 0.161 e. The summed E-state index contributed by atoms with van der Waals surface area (Å²) < 4.78 is 10.7. The SMILES string of the molecule is COc1ccc(CNC2CCN(Cc3ccccc3)CC2)cc1OC. The molecule has 0 aromatic heterocycles. The Hall–Kier alpha value is -2.04. The largest absolute Gasteiger partial charge is 0.493 e. The molecule has 0 aliphatic carbocycles. The number of hydrogen-bond donors (Lipinski definition) is 1. The summed E-state index contributed by atoms with van der Waals surface area (Å²) in [7, 11) is 3.34. The van der Waals surface area contributed by atoms with Gasteiger partial charge in [0, 0.05) is 19.1 Å². The third-order valence-electron chi connectivity index (χ3n) is 4.88. The van der Waals surface area contributed by atoms with E-state index in [0.29, 0.717) is 6.04 Å². The van der Waals surface area contributed by atoms with Gasteiger partial charge in [-0.15, -0.1) is 0 Å². The van der Waals surface area contributed by atoms with Crippen molar-refractivity contribution in [1.82, 2.24) is 10.2 Å². The monoisotopic (exact) mass is 340 g/mol. The molecule has 0 unspecified atom stereocenters. The topological polar surface area (TPSA) is 33.7 Å². The predicted molar refractivity (Wildman–Crippen MR) is 101 cm³/mol. The lowest BCUT2D eigenvalue weighted by Crippen LogP contribution is -2.41. The van der Waals surface area contributed by atoms with Crippen molar-refractivity contribution in [2.75, 3.05) is 27.3 Å². The number of likely N-dealkylation sites (tertiary alicyclic amines) is 1. The van der Waals surface area contributed by atoms with Crippen LogP contribution in [0.2, 0.25) is 0 Å². The van der Waals surface area contributed by atoms with E-state index in [4.69, 9.17) is 9.47 Å². The predicted octanol–water partition coefficient (Wildman–Crippen LogP) is 3.46. The van der Waals surface area contributed by atoms with Gasteiger partial charge in [0.1, 0.15) is 0 Å². The van der Waals surface area contributed by atoms with Gasteiger partial charge in [-0.3, -0.25) is 4.90 Å². The average Bonchev–Trinajstić information content (AvgIpc) is 2.68. The fraction of sp³-hybridized carbons (Fsp3) is 0.429. The molecule has 4 heteroatoms. The highest BCUT2D eigenvalue weighted by Crippen LogP contribution is 2.27. The minimum Gasteiger partial charge on any atom is -0.493 e. The van der Waals surface area contributed by atoms with E-state index in [1.165, 1.54) is 24.0 Å². The minimum absolute atomic E-state index is 0.583. The van der Waals surface area contributed by atoms with Gasteiger partial charge in [0.15, 0.2) is 11.5 Å². The molecular formula is C21H28N2O2. The molecule has 134 valence electrons. The van der Waals surface area contributed by atoms with Crippen molar-refractivity contribution in [2.24, 2.45) is 0 Å². The maximum Gasteiger partial charge on any atom is 0.161 e. The Bertz CT molecular complexity index is 652. The van der Waals surface area contributed by atoms with Crippen LogP contribution in [-0.4, -0.2) is 38.3 Å². The maximum atomic E-state index is 5.38. The fourth-order valence-corrected chi connectivity index (χ4v) is 3.39. The first-order chi connectivity index (χ1) is 12.3. The van der Waals surface area contributed by atoms with Crippen molar-refractivity contribution in [3.05, 3.63) is 59.7 Å². The van der Waals surface area contributed by atoms with Gasteiger partial charge in [-0.05, 0) is 49.2 Å². The second-order valence-electron chi connectivity index (χ2n) is 6.61. The molecule has 25 heavy (non-hydrogen) atoms. The van der Waals surface area contributed by atoms with Crippen molar-refractivity contribution in [1.29, 1.82) is 0 Å². The highest BCUT2D eigenvalue weighted by atomic mass is 16.5. The first kappa shape index (κ1) is 17.8. The Balaban J connectivity index is 1.45. The highest BCUT2D eigenvalue weighted by Gasteiger charge is 2.18. The first-order valence-electron chi connectivity index (χ1n) is 8.99. The number of hydrogen-bond acceptors (Lipinski definition) is 4. The summed E-state index contributed by atoms with van der Waals surface area (Å²) in [4.78, 5) is 2.55. The van der Waals surface area contributed by atoms with Gasteiger partial charge in [-0.1, -0.05) is 36.4 Å². The van der Waals surface area contributed by atoms with Crippen LogP contribution in [0.15, 0.2) is 48.5 Å². The molecule has 0 saturated carbocycles. The van der Waals surface area contributed by atoms with E-state index in [-0.39, 0.29) is 0 Å². The van der Waals surface area contributed by atoms with Crippen LogP contribution < -0.4 is 14.8 Å². The van der Waals surface area contributed by atoms with Crippen molar-refractivity contribution in [3.8, 4) is 11.5 Å². The van der Waals surface area contributed by atoms with Gasteiger partial charge in [-0.25, -0.2) is 0 Å². The molecule has 1 saturated heterocycles. The van der Waals surface area contributed by atoms with E-state index in [1.807, 2.05) is 6.07 Å². The lowest BCUT2D eigenvalue weighted by atomic mass is 10.0. The molecule has 0 atom stereocenters. The Morgan fingerprint density at radius 2 is 1.64 bits per heavy atom. The second kappa shape index (κ2) is 8.88. The summed E-state index contributed by atoms with van der Waals surface area (Å²) in [6.45, 7) is 4.23. The Kier molecular flexibility index (Phi) is 6.31. The van der Waals surface area contributed by atoms with Crippen LogP contribution in [-0.2, 0) is 13.1 Å². The molecule has 0 spiro atoms. The Labute approximate surface area is 150 Å². The molecule has 0 radical (unpaired) electrons. The van der Waals surface area contributed by atoms with Crippen LogP contribution in [0.4, 0.5) is 0 Å². The minimum atomic E-state index is 0.583. The van der Waals surface area contributed by atoms with Crippen LogP contribution in [0.25, 0.3) is 0 Å². The molecule has 2 aromatic carbocycles. The fourth-order valence-electron chi connectivity index (χ4n) is 3.39. The molecule has 0 bridgehead atoms. The molecule has 1 N–H and O–H groups in total. The van der Waals surface area contributed by atoms with Crippen molar-refractivity contribution >= 4 is 0 Å². The molecule has 3 rings (SSSR count). The summed E-state index contributed by atoms with van der Waals surface area (Å²) >= 11 is 0. The first-order valence-corrected chi connectivity index (χ1v) is 8.99. The van der Waals surface area contributed by atoms with E-state index >= 15 is 0 Å². The van der Waals surface area contributed by atoms with E-state index in [9.17, 15) is 0 Å². The molecule has 1 heterocycles. The van der Waals surface area contributed by atoms with Crippen molar-refractivity contribution < 1.29 is 9.47 Å². The zero-order valence-electron chi connectivity index (χ0n) is 15.2. The summed E-state index contributed by atoms with van der Waals surface area (Å²) in [6, 6.07) is 17.4. The molecular weight excluding hydrogens is 312 g/mol. The number of methoxy groups -OCH3 is 2. The number of piperidine rings is 1. The van der Waals surface area contributed by atoms with Crippen LogP contribution in [0.5, 0.6) is 11.5 Å². The lowest BCUT2D eigenvalue weighted by molar-refractivity contribution is 0.190. The van der Waals surface area contributed by atoms with Crippen molar-refractivity contribution in [2.45, 2.75) is 32.0 Å². The Morgan fingerprint density at radius 1 is 0.920 bits per heavy atom. The van der Waals surface area contributed by atoms with Gasteiger partial charge in [0.05, 0.1) is 14.2 Å². The molecule has 4 nitrogen and oxygen atoms in total. The summed E-state index contributed by atoms with van der Waals surface area (Å²) in [5.41, 5.74) is 2.63. The molecule has 2 aromatic rings. The van der Waals surface area contributed by atoms with Gasteiger partial charge in [-0.2, -0.15) is 0 Å². The van der Waals surface area contributed by atoms with Crippen LogP contribution >= 0.6 is 0 Å². The van der Waals surface area contributed by atoms with Gasteiger partial charge >= 0.3 is 0 Å². The highest BCUT2D eigenvalue weighted by molar-refractivity contribution is 5.42.